The van der Waals surface area contributed by atoms with Crippen LogP contribution < -0.4 is 14.7 Å². The molecule has 0 bridgehead atoms. The lowest BCUT2D eigenvalue weighted by atomic mass is 9.99. The van der Waals surface area contributed by atoms with Gasteiger partial charge in [0.25, 0.3) is 0 Å². The fraction of sp³-hybridized carbons (Fsp3) is 0.158. The summed E-state index contributed by atoms with van der Waals surface area (Å²) in [6.45, 7) is 9.61. The second-order valence-electron chi connectivity index (χ2n) is 15.9. The van der Waals surface area contributed by atoms with Crippen molar-refractivity contribution in [3.8, 4) is 27.9 Å². The first-order chi connectivity index (χ1) is 30.1. The monoisotopic (exact) mass is 794 g/mol. The van der Waals surface area contributed by atoms with E-state index < -0.39 is 0 Å². The Balaban J connectivity index is 1.12. The Kier molecular flexibility index (Phi) is 11.7. The summed E-state index contributed by atoms with van der Waals surface area (Å²) < 4.78 is 2.44. The molecule has 61 heavy (non-hydrogen) atoms. The Morgan fingerprint density at radius 1 is 0.311 bits per heavy atom. The smallest absolute Gasteiger partial charge is 0.0541 e. The summed E-state index contributed by atoms with van der Waals surface area (Å²) in [6.07, 6.45) is 3.20. The van der Waals surface area contributed by atoms with Crippen LogP contribution in [0.4, 0.5) is 34.1 Å². The van der Waals surface area contributed by atoms with E-state index in [0.29, 0.717) is 0 Å². The van der Waals surface area contributed by atoms with Crippen LogP contribution in [0.2, 0.25) is 0 Å². The average Bonchev–Trinajstić information content (AvgIpc) is 3.66. The predicted octanol–water partition coefficient (Wildman–Crippen LogP) is 15.8. The molecule has 302 valence electrons. The molecule has 0 unspecified atom stereocenters. The van der Waals surface area contributed by atoms with Crippen LogP contribution in [0.25, 0.3) is 49.7 Å². The van der Waals surface area contributed by atoms with Gasteiger partial charge in [-0.05, 0) is 151 Å². The van der Waals surface area contributed by atoms with Crippen molar-refractivity contribution in [2.45, 2.75) is 40.0 Å². The molecule has 0 saturated carbocycles. The van der Waals surface area contributed by atoms with E-state index in [1.54, 1.807) is 0 Å². The van der Waals surface area contributed by atoms with Crippen LogP contribution >= 0.6 is 0 Å². The summed E-state index contributed by atoms with van der Waals surface area (Å²) in [7, 11) is 0. The van der Waals surface area contributed by atoms with Gasteiger partial charge in [-0.3, -0.25) is 0 Å². The molecular formula is C57H54N4. The van der Waals surface area contributed by atoms with Crippen LogP contribution in [0.3, 0.4) is 0 Å². The molecular weight excluding hydrogens is 741 g/mol. The van der Waals surface area contributed by atoms with Crippen molar-refractivity contribution >= 4 is 55.9 Å². The molecule has 0 radical (unpaired) electrons. The highest BCUT2D eigenvalue weighted by Gasteiger charge is 2.17. The van der Waals surface area contributed by atoms with E-state index in [9.17, 15) is 0 Å². The van der Waals surface area contributed by atoms with Crippen LogP contribution in [-0.4, -0.2) is 24.2 Å². The number of hydrogen-bond acceptors (Lipinski definition) is 3. The first-order valence-corrected chi connectivity index (χ1v) is 22.0. The lowest BCUT2D eigenvalue weighted by Crippen LogP contribution is -2.17. The van der Waals surface area contributed by atoms with E-state index >= 15 is 0 Å². The molecule has 1 aromatic heterocycles. The third-order valence-corrected chi connectivity index (χ3v) is 11.8. The minimum atomic E-state index is 0.956. The minimum Gasteiger partial charge on any atom is -0.342 e. The number of para-hydroxylation sites is 3. The highest BCUT2D eigenvalue weighted by atomic mass is 15.1. The van der Waals surface area contributed by atoms with E-state index in [1.165, 1.54) is 78.2 Å². The molecule has 0 saturated heterocycles. The van der Waals surface area contributed by atoms with Crippen molar-refractivity contribution in [2.24, 2.45) is 0 Å². The van der Waals surface area contributed by atoms with Gasteiger partial charge in [0.2, 0.25) is 0 Å². The van der Waals surface area contributed by atoms with Crippen molar-refractivity contribution in [3.63, 3.8) is 0 Å². The summed E-state index contributed by atoms with van der Waals surface area (Å²) >= 11 is 0. The normalized spacial score (nSPS) is 11.3. The van der Waals surface area contributed by atoms with Crippen molar-refractivity contribution in [1.29, 1.82) is 0 Å². The van der Waals surface area contributed by atoms with Crippen molar-refractivity contribution in [3.05, 3.63) is 200 Å². The van der Waals surface area contributed by atoms with Gasteiger partial charge in [0.1, 0.15) is 0 Å². The zero-order chi connectivity index (χ0) is 41.5. The second-order valence-corrected chi connectivity index (χ2v) is 15.9. The molecule has 0 aliphatic rings. The number of fused-ring (bicyclic) bond motifs is 3. The van der Waals surface area contributed by atoms with Gasteiger partial charge in [0.15, 0.2) is 0 Å². The van der Waals surface area contributed by atoms with Gasteiger partial charge < -0.3 is 19.3 Å². The van der Waals surface area contributed by atoms with Gasteiger partial charge in [0, 0.05) is 70.2 Å². The largest absolute Gasteiger partial charge is 0.342 e. The topological polar surface area (TPSA) is 14.7 Å². The van der Waals surface area contributed by atoms with E-state index in [1.807, 2.05) is 0 Å². The number of anilines is 6. The van der Waals surface area contributed by atoms with Gasteiger partial charge >= 0.3 is 0 Å². The van der Waals surface area contributed by atoms with Crippen LogP contribution in [0.5, 0.6) is 0 Å². The molecule has 9 rings (SSSR count). The van der Waals surface area contributed by atoms with E-state index in [0.717, 1.165) is 44.6 Å². The first kappa shape index (κ1) is 39.4. The van der Waals surface area contributed by atoms with Crippen LogP contribution in [0, 0.1) is 0 Å². The maximum atomic E-state index is 2.44. The van der Waals surface area contributed by atoms with Crippen molar-refractivity contribution in [2.75, 3.05) is 34.3 Å². The molecule has 0 N–H and O–H groups in total. The summed E-state index contributed by atoms with van der Waals surface area (Å²) in [4.78, 5) is 7.22. The predicted molar refractivity (Wildman–Crippen MR) is 263 cm³/mol. The molecule has 8 aromatic carbocycles. The number of rotatable bonds is 15. The third kappa shape index (κ3) is 8.14. The molecule has 0 spiro atoms. The molecule has 4 heteroatoms. The quantitative estimate of drug-likeness (QED) is 0.103. The van der Waals surface area contributed by atoms with Crippen molar-refractivity contribution in [1.82, 2.24) is 4.57 Å². The summed E-state index contributed by atoms with van der Waals surface area (Å²) in [5.74, 6) is 0. The molecule has 0 fully saturated rings. The van der Waals surface area contributed by atoms with Gasteiger partial charge in [0.05, 0.1) is 11.0 Å². The van der Waals surface area contributed by atoms with E-state index in [4.69, 9.17) is 0 Å². The highest BCUT2D eigenvalue weighted by Crippen LogP contribution is 2.39. The zero-order valence-corrected chi connectivity index (χ0v) is 35.6. The maximum Gasteiger partial charge on any atom is 0.0541 e. The number of hydrogen-bond donors (Lipinski definition) is 0. The maximum absolute atomic E-state index is 2.44. The lowest BCUT2D eigenvalue weighted by molar-refractivity contribution is 0.885. The van der Waals surface area contributed by atoms with Crippen LogP contribution in [-0.2, 0) is 0 Å². The van der Waals surface area contributed by atoms with Crippen LogP contribution in [0.1, 0.15) is 40.0 Å². The standard InChI is InChI=1S/C57H54N4/c1-4-38-58(47-16-10-7-11-17-47)50-28-22-43(23-29-50)45-26-36-56-54(41-45)55-42-46(44-24-30-51(31-25-44)59(39-5-2)48-18-12-8-13-19-48)27-37-57(55)61(56)53-34-32-52(33-35-53)60(40-6-3)49-20-14-9-15-21-49/h7-37,41-42H,4-6,38-40H2,1-3H3. The zero-order valence-electron chi connectivity index (χ0n) is 35.6. The molecule has 0 atom stereocenters. The Morgan fingerprint density at radius 2 is 0.607 bits per heavy atom. The fourth-order valence-corrected chi connectivity index (χ4v) is 8.83. The van der Waals surface area contributed by atoms with Gasteiger partial charge in [-0.2, -0.15) is 0 Å². The van der Waals surface area contributed by atoms with E-state index in [2.05, 4.69) is 240 Å². The van der Waals surface area contributed by atoms with E-state index in [-0.39, 0.29) is 0 Å². The molecule has 1 heterocycles. The minimum absolute atomic E-state index is 0.956. The summed E-state index contributed by atoms with van der Waals surface area (Å²) in [6, 6.07) is 73.4. The Bertz CT molecular complexity index is 2660. The van der Waals surface area contributed by atoms with Gasteiger partial charge in [-0.25, -0.2) is 0 Å². The number of nitrogens with zero attached hydrogens (tertiary/aromatic N) is 4. The summed E-state index contributed by atoms with van der Waals surface area (Å²) in [5.41, 5.74) is 15.6. The SMILES string of the molecule is CCCN(c1ccccc1)c1ccc(-c2ccc3c(c2)c2cc(-c4ccc(N(CCC)c5ccccc5)cc4)ccc2n3-c2ccc(N(CCC)c3ccccc3)cc2)cc1. The third-order valence-electron chi connectivity index (χ3n) is 11.8. The number of aromatic nitrogens is 1. The highest BCUT2D eigenvalue weighted by molar-refractivity contribution is 6.11. The second kappa shape index (κ2) is 18.1. The Morgan fingerprint density at radius 3 is 0.934 bits per heavy atom. The average molecular weight is 795 g/mol. The van der Waals surface area contributed by atoms with Gasteiger partial charge in [-0.15, -0.1) is 0 Å². The molecule has 0 aliphatic heterocycles. The molecule has 0 amide bonds. The van der Waals surface area contributed by atoms with Crippen molar-refractivity contribution < 1.29 is 0 Å². The Labute approximate surface area is 361 Å². The first-order valence-electron chi connectivity index (χ1n) is 22.0. The lowest BCUT2D eigenvalue weighted by Gasteiger charge is -2.25. The number of benzene rings is 8. The molecule has 9 aromatic rings. The fourth-order valence-electron chi connectivity index (χ4n) is 8.83. The Hall–Kier alpha value is -7.04. The van der Waals surface area contributed by atoms with Gasteiger partial charge in [-0.1, -0.05) is 112 Å². The summed E-state index contributed by atoms with van der Waals surface area (Å²) in [5, 5.41) is 2.48. The van der Waals surface area contributed by atoms with Crippen LogP contribution in [0.15, 0.2) is 200 Å². The molecule has 0 aliphatic carbocycles. The molecule has 4 nitrogen and oxygen atoms in total.